The quantitative estimate of drug-likeness (QED) is 0.618. The van der Waals surface area contributed by atoms with Gasteiger partial charge in [-0.3, -0.25) is 10.1 Å². The molecular formula is C18H20N2O3S. The predicted octanol–water partition coefficient (Wildman–Crippen LogP) is 3.35. The van der Waals surface area contributed by atoms with Crippen molar-refractivity contribution in [2.45, 2.75) is 30.8 Å². The smallest absolute Gasteiger partial charge is 0.229 e. The number of rotatable bonds is 7. The molecule has 0 amide bonds. The normalized spacial score (nSPS) is 15.1. The molecule has 0 heterocycles. The van der Waals surface area contributed by atoms with Gasteiger partial charge in [0, 0.05) is 11.8 Å². The zero-order valence-corrected chi connectivity index (χ0v) is 14.4. The molecule has 2 aromatic rings. The number of nitrogens with zero attached hydrogens (tertiary/aromatic N) is 1. The van der Waals surface area contributed by atoms with Crippen LogP contribution in [0, 0.1) is 17.0 Å². The Balaban J connectivity index is 2.17. The lowest BCUT2D eigenvalue weighted by Gasteiger charge is -2.16. The van der Waals surface area contributed by atoms with E-state index >= 15 is 0 Å². The molecule has 5 nitrogen and oxygen atoms in total. The maximum Gasteiger partial charge on any atom is 0.229 e. The van der Waals surface area contributed by atoms with Crippen LogP contribution in [0.2, 0.25) is 0 Å². The number of nitro groups is 1. The summed E-state index contributed by atoms with van der Waals surface area (Å²) in [4.78, 5) is 11.4. The first kappa shape index (κ1) is 18.0. The van der Waals surface area contributed by atoms with Gasteiger partial charge in [0.1, 0.15) is 17.0 Å². The van der Waals surface area contributed by atoms with E-state index in [0.717, 1.165) is 11.1 Å². The van der Waals surface area contributed by atoms with E-state index < -0.39 is 23.1 Å². The highest BCUT2D eigenvalue weighted by molar-refractivity contribution is 7.83. The van der Waals surface area contributed by atoms with Gasteiger partial charge in [-0.25, -0.2) is 8.93 Å². The lowest BCUT2D eigenvalue weighted by molar-refractivity contribution is -0.519. The van der Waals surface area contributed by atoms with Crippen molar-refractivity contribution in [2.75, 3.05) is 0 Å². The van der Waals surface area contributed by atoms with Crippen LogP contribution in [-0.4, -0.2) is 21.2 Å². The van der Waals surface area contributed by atoms with E-state index in [4.69, 9.17) is 0 Å². The number of benzene rings is 2. The van der Waals surface area contributed by atoms with Gasteiger partial charge in [-0.1, -0.05) is 60.2 Å². The summed E-state index contributed by atoms with van der Waals surface area (Å²) >= 11 is 0. The van der Waals surface area contributed by atoms with Crippen LogP contribution in [0.15, 0.2) is 65.6 Å². The molecule has 0 saturated carbocycles. The third kappa shape index (κ3) is 5.11. The summed E-state index contributed by atoms with van der Waals surface area (Å²) in [5.41, 5.74) is 2.00. The number of hydrogen-bond acceptors (Lipinski definition) is 3. The fraction of sp³-hybridized carbons (Fsp3) is 0.222. The van der Waals surface area contributed by atoms with E-state index in [1.165, 1.54) is 6.92 Å². The molecule has 0 aliphatic rings. The van der Waals surface area contributed by atoms with Crippen LogP contribution < -0.4 is 4.72 Å². The van der Waals surface area contributed by atoms with Gasteiger partial charge in [0.05, 0.1) is 4.90 Å². The van der Waals surface area contributed by atoms with Crippen molar-refractivity contribution in [3.8, 4) is 0 Å². The zero-order chi connectivity index (χ0) is 17.5. The van der Waals surface area contributed by atoms with Crippen LogP contribution in [0.3, 0.4) is 0 Å². The van der Waals surface area contributed by atoms with Gasteiger partial charge in [-0.15, -0.1) is 0 Å². The molecule has 2 aromatic carbocycles. The molecule has 3 atom stereocenters. The van der Waals surface area contributed by atoms with E-state index in [0.29, 0.717) is 4.90 Å². The van der Waals surface area contributed by atoms with Gasteiger partial charge in [0.25, 0.3) is 0 Å². The fourth-order valence-electron chi connectivity index (χ4n) is 2.06. The third-order valence-corrected chi connectivity index (χ3v) is 4.81. The Hall–Kier alpha value is -2.31. The second kappa shape index (κ2) is 8.52. The second-order valence-electron chi connectivity index (χ2n) is 5.52. The maximum absolute atomic E-state index is 12.4. The van der Waals surface area contributed by atoms with E-state index in [-0.39, 0.29) is 4.92 Å². The van der Waals surface area contributed by atoms with Gasteiger partial charge >= 0.3 is 0 Å². The van der Waals surface area contributed by atoms with E-state index in [9.17, 15) is 14.3 Å². The average molecular weight is 344 g/mol. The highest BCUT2D eigenvalue weighted by atomic mass is 32.2. The Morgan fingerprint density at radius 1 is 1.12 bits per heavy atom. The Bertz CT molecular complexity index is 730. The Morgan fingerprint density at radius 3 is 2.33 bits per heavy atom. The van der Waals surface area contributed by atoms with E-state index in [1.807, 2.05) is 49.4 Å². The minimum Gasteiger partial charge on any atom is -0.264 e. The van der Waals surface area contributed by atoms with Crippen molar-refractivity contribution in [1.82, 2.24) is 4.72 Å². The van der Waals surface area contributed by atoms with Crippen LogP contribution in [0.4, 0.5) is 0 Å². The molecule has 0 spiro atoms. The minimum absolute atomic E-state index is 0.376. The standard InChI is InChI=1S/C18H20N2O3S/c1-14-8-11-17(12-9-14)24(23)19-18(15(2)20(21)22)13-10-16-6-4-3-5-7-16/h3-13,15,18-19H,1-2H3/b13-10+/t15-,18+,24?/m1/s1. The molecule has 6 heteroatoms. The molecule has 0 saturated heterocycles. The molecular weight excluding hydrogens is 324 g/mol. The highest BCUT2D eigenvalue weighted by Gasteiger charge is 2.26. The van der Waals surface area contributed by atoms with Crippen molar-refractivity contribution in [2.24, 2.45) is 0 Å². The topological polar surface area (TPSA) is 72.2 Å². The predicted molar refractivity (Wildman–Crippen MR) is 96.4 cm³/mol. The van der Waals surface area contributed by atoms with Crippen molar-refractivity contribution < 1.29 is 9.13 Å². The van der Waals surface area contributed by atoms with Crippen molar-refractivity contribution in [3.63, 3.8) is 0 Å². The van der Waals surface area contributed by atoms with Crippen LogP contribution >= 0.6 is 0 Å². The molecule has 126 valence electrons. The van der Waals surface area contributed by atoms with E-state index in [1.54, 1.807) is 24.3 Å². The van der Waals surface area contributed by atoms with Crippen LogP contribution in [0.1, 0.15) is 18.1 Å². The first-order valence-corrected chi connectivity index (χ1v) is 8.73. The lowest BCUT2D eigenvalue weighted by atomic mass is 10.1. The molecule has 0 aliphatic heterocycles. The van der Waals surface area contributed by atoms with Crippen LogP contribution in [0.25, 0.3) is 6.08 Å². The molecule has 24 heavy (non-hydrogen) atoms. The number of hydrogen-bond donors (Lipinski definition) is 1. The van der Waals surface area contributed by atoms with Gasteiger partial charge in [0.2, 0.25) is 6.04 Å². The molecule has 1 N–H and O–H groups in total. The molecule has 0 bridgehead atoms. The first-order chi connectivity index (χ1) is 11.5. The summed E-state index contributed by atoms with van der Waals surface area (Å²) in [6.45, 7) is 3.44. The maximum atomic E-state index is 12.4. The Labute approximate surface area is 144 Å². The molecule has 2 rings (SSSR count). The summed E-state index contributed by atoms with van der Waals surface area (Å²) < 4.78 is 15.3. The first-order valence-electron chi connectivity index (χ1n) is 7.59. The summed E-state index contributed by atoms with van der Waals surface area (Å²) in [6, 6.07) is 15.2. The fourth-order valence-corrected chi connectivity index (χ4v) is 3.10. The third-order valence-electron chi connectivity index (χ3n) is 3.63. The van der Waals surface area contributed by atoms with Crippen LogP contribution in [-0.2, 0) is 11.0 Å². The Morgan fingerprint density at radius 2 is 1.75 bits per heavy atom. The molecule has 0 aromatic heterocycles. The van der Waals surface area contributed by atoms with Crippen LogP contribution in [0.5, 0.6) is 0 Å². The second-order valence-corrected chi connectivity index (χ2v) is 6.77. The minimum atomic E-state index is -1.52. The highest BCUT2D eigenvalue weighted by Crippen LogP contribution is 2.11. The van der Waals surface area contributed by atoms with Gasteiger partial charge in [0.15, 0.2) is 0 Å². The van der Waals surface area contributed by atoms with Crippen molar-refractivity contribution in [3.05, 3.63) is 81.9 Å². The molecule has 0 aliphatic carbocycles. The zero-order valence-electron chi connectivity index (χ0n) is 13.6. The SMILES string of the molecule is Cc1ccc(S(=O)N[C@@H](/C=C/c2ccccc2)[C@@H](C)[N+](=O)[O-])cc1. The van der Waals surface area contributed by atoms with E-state index in [2.05, 4.69) is 4.72 Å². The summed E-state index contributed by atoms with van der Waals surface area (Å²) in [7, 11) is -1.52. The van der Waals surface area contributed by atoms with Gasteiger partial charge in [-0.05, 0) is 24.6 Å². The summed E-state index contributed by atoms with van der Waals surface area (Å²) in [5.74, 6) is 0. The number of nitrogens with one attached hydrogen (secondary N) is 1. The monoisotopic (exact) mass is 344 g/mol. The Kier molecular flexibility index (Phi) is 6.40. The molecule has 1 unspecified atom stereocenters. The summed E-state index contributed by atoms with van der Waals surface area (Å²) in [6.07, 6.45) is 3.49. The van der Waals surface area contributed by atoms with Crippen molar-refractivity contribution in [1.29, 1.82) is 0 Å². The molecule has 0 fully saturated rings. The average Bonchev–Trinajstić information content (AvgIpc) is 2.59. The van der Waals surface area contributed by atoms with Crippen molar-refractivity contribution >= 4 is 17.1 Å². The molecule has 0 radical (unpaired) electrons. The number of aryl methyl sites for hydroxylation is 1. The largest absolute Gasteiger partial charge is 0.264 e. The van der Waals surface area contributed by atoms with Gasteiger partial charge in [-0.2, -0.15) is 0 Å². The lowest BCUT2D eigenvalue weighted by Crippen LogP contribution is -2.41. The van der Waals surface area contributed by atoms with Gasteiger partial charge < -0.3 is 0 Å². The summed E-state index contributed by atoms with van der Waals surface area (Å²) in [5, 5.41) is 11.1.